The van der Waals surface area contributed by atoms with Gasteiger partial charge in [0.1, 0.15) is 9.86 Å². The minimum atomic E-state index is 0.739. The second kappa shape index (κ2) is 9.27. The summed E-state index contributed by atoms with van der Waals surface area (Å²) < 4.78 is 0. The van der Waals surface area contributed by atoms with Gasteiger partial charge >= 0.3 is 0 Å². The van der Waals surface area contributed by atoms with E-state index in [0.717, 1.165) is 53.1 Å². The van der Waals surface area contributed by atoms with Crippen LogP contribution >= 0.6 is 58.1 Å². The molecule has 0 aliphatic carbocycles. The van der Waals surface area contributed by atoms with E-state index in [0.29, 0.717) is 0 Å². The van der Waals surface area contributed by atoms with Gasteiger partial charge in [-0.25, -0.2) is 9.97 Å². The van der Waals surface area contributed by atoms with Crippen molar-refractivity contribution in [3.63, 3.8) is 0 Å². The van der Waals surface area contributed by atoms with Crippen molar-refractivity contribution in [1.82, 2.24) is 9.97 Å². The molecule has 0 amide bonds. The Balaban J connectivity index is 1.64. The van der Waals surface area contributed by atoms with Crippen molar-refractivity contribution in [2.75, 3.05) is 0 Å². The van der Waals surface area contributed by atoms with E-state index in [1.807, 2.05) is 42.5 Å². The number of rotatable bonds is 6. The Labute approximate surface area is 193 Å². The summed E-state index contributed by atoms with van der Waals surface area (Å²) >= 11 is 17.7. The second-order valence-corrected chi connectivity index (χ2v) is 10.5. The number of aryl methyl sites for hydroxylation is 2. The van der Waals surface area contributed by atoms with Crippen molar-refractivity contribution < 1.29 is 0 Å². The Morgan fingerprint density at radius 3 is 2.03 bits per heavy atom. The molecule has 148 valence electrons. The molecule has 29 heavy (non-hydrogen) atoms. The van der Waals surface area contributed by atoms with E-state index >= 15 is 0 Å². The SMILES string of the molecule is Cc1sc2nc(SCc3ccccc3Cl)nc(SCc3ccccc3Cl)c2c1C. The molecule has 0 radical (unpaired) electrons. The van der Waals surface area contributed by atoms with Crippen LogP contribution in [0.15, 0.2) is 58.7 Å². The summed E-state index contributed by atoms with van der Waals surface area (Å²) in [6.07, 6.45) is 0. The first kappa shape index (κ1) is 21.0. The Hall–Kier alpha value is -1.24. The standard InChI is InChI=1S/C22H18Cl2N2S3/c1-13-14(2)29-21-19(13)20(27-11-15-7-3-5-9-17(15)23)25-22(26-21)28-12-16-8-4-6-10-18(16)24/h3-10H,11-12H2,1-2H3. The Bertz CT molecular complexity index is 1170. The zero-order valence-electron chi connectivity index (χ0n) is 15.9. The molecule has 0 aliphatic rings. The third kappa shape index (κ3) is 4.75. The topological polar surface area (TPSA) is 25.8 Å². The van der Waals surface area contributed by atoms with Gasteiger partial charge in [0.05, 0.1) is 0 Å². The molecule has 2 nitrogen and oxygen atoms in total. The molecule has 7 heteroatoms. The molecule has 0 bridgehead atoms. The molecule has 4 aromatic rings. The van der Waals surface area contributed by atoms with Crippen molar-refractivity contribution in [3.8, 4) is 0 Å². The maximum absolute atomic E-state index is 6.35. The average Bonchev–Trinajstić information content (AvgIpc) is 3.00. The maximum atomic E-state index is 6.35. The van der Waals surface area contributed by atoms with Crippen molar-refractivity contribution in [1.29, 1.82) is 0 Å². The van der Waals surface area contributed by atoms with E-state index in [4.69, 9.17) is 33.2 Å². The highest BCUT2D eigenvalue weighted by molar-refractivity contribution is 7.99. The van der Waals surface area contributed by atoms with E-state index in [9.17, 15) is 0 Å². The number of hydrogen-bond acceptors (Lipinski definition) is 5. The van der Waals surface area contributed by atoms with Gasteiger partial charge in [0.25, 0.3) is 0 Å². The minimum absolute atomic E-state index is 0.739. The molecule has 0 fully saturated rings. The van der Waals surface area contributed by atoms with Crippen LogP contribution in [0.3, 0.4) is 0 Å². The fourth-order valence-electron chi connectivity index (χ4n) is 2.88. The largest absolute Gasteiger partial charge is 0.215 e. The van der Waals surface area contributed by atoms with Crippen molar-refractivity contribution in [2.45, 2.75) is 35.5 Å². The van der Waals surface area contributed by atoms with Gasteiger partial charge in [0.15, 0.2) is 5.16 Å². The summed E-state index contributed by atoms with van der Waals surface area (Å²) in [7, 11) is 0. The predicted octanol–water partition coefficient (Wildman–Crippen LogP) is 8.20. The van der Waals surface area contributed by atoms with E-state index in [1.54, 1.807) is 34.9 Å². The van der Waals surface area contributed by atoms with Crippen LogP contribution < -0.4 is 0 Å². The van der Waals surface area contributed by atoms with Crippen LogP contribution in [0, 0.1) is 13.8 Å². The van der Waals surface area contributed by atoms with Gasteiger partial charge < -0.3 is 0 Å². The van der Waals surface area contributed by atoms with Crippen LogP contribution in [-0.2, 0) is 11.5 Å². The van der Waals surface area contributed by atoms with Gasteiger partial charge in [0, 0.05) is 31.8 Å². The second-order valence-electron chi connectivity index (χ2n) is 6.53. The number of thiophene rings is 1. The lowest BCUT2D eigenvalue weighted by Crippen LogP contribution is -1.93. The number of fused-ring (bicyclic) bond motifs is 1. The summed E-state index contributed by atoms with van der Waals surface area (Å²) in [6.45, 7) is 4.29. The highest BCUT2D eigenvalue weighted by atomic mass is 35.5. The molecule has 0 saturated carbocycles. The maximum Gasteiger partial charge on any atom is 0.190 e. The first-order valence-corrected chi connectivity index (χ1v) is 12.6. The zero-order valence-corrected chi connectivity index (χ0v) is 19.9. The molecule has 0 spiro atoms. The first-order chi connectivity index (χ1) is 14.0. The molecule has 0 atom stereocenters. The Kier molecular flexibility index (Phi) is 6.72. The lowest BCUT2D eigenvalue weighted by atomic mass is 10.2. The van der Waals surface area contributed by atoms with E-state index < -0.39 is 0 Å². The number of nitrogens with zero attached hydrogens (tertiary/aromatic N) is 2. The van der Waals surface area contributed by atoms with Crippen molar-refractivity contribution in [3.05, 3.63) is 80.1 Å². The summed E-state index contributed by atoms with van der Waals surface area (Å²) in [5.74, 6) is 1.51. The third-order valence-electron chi connectivity index (χ3n) is 4.61. The van der Waals surface area contributed by atoms with Gasteiger partial charge in [-0.15, -0.1) is 23.1 Å². The minimum Gasteiger partial charge on any atom is -0.215 e. The van der Waals surface area contributed by atoms with Crippen LogP contribution in [0.1, 0.15) is 21.6 Å². The van der Waals surface area contributed by atoms with Crippen molar-refractivity contribution in [2.24, 2.45) is 0 Å². The lowest BCUT2D eigenvalue weighted by Gasteiger charge is -2.08. The van der Waals surface area contributed by atoms with E-state index in [2.05, 4.69) is 19.9 Å². The molecule has 2 aromatic carbocycles. The highest BCUT2D eigenvalue weighted by Gasteiger charge is 2.16. The Morgan fingerprint density at radius 2 is 1.41 bits per heavy atom. The summed E-state index contributed by atoms with van der Waals surface area (Å²) in [5.41, 5.74) is 3.46. The molecular formula is C22H18Cl2N2S3. The van der Waals surface area contributed by atoms with E-state index in [-0.39, 0.29) is 0 Å². The summed E-state index contributed by atoms with van der Waals surface area (Å²) in [6, 6.07) is 15.9. The molecule has 2 aromatic heterocycles. The third-order valence-corrected chi connectivity index (χ3v) is 8.37. The molecular weight excluding hydrogens is 459 g/mol. The molecule has 0 aliphatic heterocycles. The number of benzene rings is 2. The Morgan fingerprint density at radius 1 is 0.828 bits per heavy atom. The number of aromatic nitrogens is 2. The van der Waals surface area contributed by atoms with Crippen molar-refractivity contribution >= 4 is 68.3 Å². The van der Waals surface area contributed by atoms with Crippen LogP contribution in [0.2, 0.25) is 10.0 Å². The molecule has 2 heterocycles. The van der Waals surface area contributed by atoms with Crippen LogP contribution in [0.25, 0.3) is 10.2 Å². The molecule has 4 rings (SSSR count). The number of hydrogen-bond donors (Lipinski definition) is 0. The quantitative estimate of drug-likeness (QED) is 0.159. The lowest BCUT2D eigenvalue weighted by molar-refractivity contribution is 0.934. The number of thioether (sulfide) groups is 2. The van der Waals surface area contributed by atoms with Gasteiger partial charge in [-0.2, -0.15) is 0 Å². The van der Waals surface area contributed by atoms with Gasteiger partial charge in [0.2, 0.25) is 0 Å². The van der Waals surface area contributed by atoms with E-state index in [1.165, 1.54) is 10.4 Å². The summed E-state index contributed by atoms with van der Waals surface area (Å²) in [4.78, 5) is 12.0. The number of halogens is 2. The monoisotopic (exact) mass is 476 g/mol. The normalized spacial score (nSPS) is 11.3. The molecule has 0 N–H and O–H groups in total. The highest BCUT2D eigenvalue weighted by Crippen LogP contribution is 2.38. The molecule has 0 unspecified atom stereocenters. The van der Waals surface area contributed by atoms with Gasteiger partial charge in [-0.1, -0.05) is 71.4 Å². The van der Waals surface area contributed by atoms with Gasteiger partial charge in [-0.05, 0) is 42.7 Å². The first-order valence-electron chi connectivity index (χ1n) is 9.03. The van der Waals surface area contributed by atoms with Gasteiger partial charge in [-0.3, -0.25) is 0 Å². The van der Waals surface area contributed by atoms with Crippen LogP contribution in [0.5, 0.6) is 0 Å². The predicted molar refractivity (Wildman–Crippen MR) is 129 cm³/mol. The summed E-state index contributed by atoms with van der Waals surface area (Å²) in [5, 5.41) is 4.51. The average molecular weight is 478 g/mol. The van der Waals surface area contributed by atoms with Crippen LogP contribution in [0.4, 0.5) is 0 Å². The fourth-order valence-corrected chi connectivity index (χ4v) is 6.59. The zero-order chi connectivity index (χ0) is 20.4. The van der Waals surface area contributed by atoms with Crippen LogP contribution in [-0.4, -0.2) is 9.97 Å². The molecule has 0 saturated heterocycles. The smallest absolute Gasteiger partial charge is 0.190 e. The fraction of sp³-hybridized carbons (Fsp3) is 0.182.